The predicted octanol–water partition coefficient (Wildman–Crippen LogP) is 2.87. The molecule has 1 atom stereocenters. The first kappa shape index (κ1) is 13.2. The first-order chi connectivity index (χ1) is 7.19. The normalized spacial score (nSPS) is 13.1. The summed E-state index contributed by atoms with van der Waals surface area (Å²) >= 11 is 7.02. The van der Waals surface area contributed by atoms with Crippen LogP contribution in [-0.4, -0.2) is 28.8 Å². The molecule has 0 radical (unpaired) electrons. The standard InChI is InChI=1S/C10H16Br2N2O/c1-8(6-11)5-10-9(12)7-13-14(10)3-4-15-2/h7-8H,3-6H2,1-2H3. The maximum absolute atomic E-state index is 5.06. The molecular formula is C10H16Br2N2O. The molecule has 1 aromatic rings. The van der Waals surface area contributed by atoms with Gasteiger partial charge in [-0.3, -0.25) is 4.68 Å². The fourth-order valence-electron chi connectivity index (χ4n) is 1.35. The van der Waals surface area contributed by atoms with E-state index in [0.717, 1.165) is 22.8 Å². The summed E-state index contributed by atoms with van der Waals surface area (Å²) in [6.07, 6.45) is 2.88. The highest BCUT2D eigenvalue weighted by Crippen LogP contribution is 2.20. The lowest BCUT2D eigenvalue weighted by Gasteiger charge is -2.11. The Kier molecular flexibility index (Phi) is 5.86. The number of aromatic nitrogens is 2. The summed E-state index contributed by atoms with van der Waals surface area (Å²) in [5.41, 5.74) is 1.25. The van der Waals surface area contributed by atoms with Crippen molar-refractivity contribution < 1.29 is 4.74 Å². The van der Waals surface area contributed by atoms with Gasteiger partial charge in [-0.15, -0.1) is 0 Å². The average Bonchev–Trinajstić information content (AvgIpc) is 2.57. The zero-order valence-electron chi connectivity index (χ0n) is 9.04. The van der Waals surface area contributed by atoms with E-state index in [4.69, 9.17) is 4.74 Å². The molecule has 1 unspecified atom stereocenters. The Morgan fingerprint density at radius 2 is 2.33 bits per heavy atom. The van der Waals surface area contributed by atoms with Gasteiger partial charge in [-0.1, -0.05) is 22.9 Å². The molecule has 0 bridgehead atoms. The summed E-state index contributed by atoms with van der Waals surface area (Å²) in [6.45, 7) is 3.73. The highest BCUT2D eigenvalue weighted by atomic mass is 79.9. The van der Waals surface area contributed by atoms with Gasteiger partial charge in [0.1, 0.15) is 0 Å². The number of hydrogen-bond acceptors (Lipinski definition) is 2. The quantitative estimate of drug-likeness (QED) is 0.745. The molecule has 86 valence electrons. The molecular weight excluding hydrogens is 324 g/mol. The van der Waals surface area contributed by atoms with Crippen LogP contribution in [-0.2, 0) is 17.7 Å². The van der Waals surface area contributed by atoms with Crippen LogP contribution in [0.2, 0.25) is 0 Å². The van der Waals surface area contributed by atoms with Crippen molar-refractivity contribution in [1.82, 2.24) is 9.78 Å². The van der Waals surface area contributed by atoms with Gasteiger partial charge >= 0.3 is 0 Å². The summed E-state index contributed by atoms with van der Waals surface area (Å²) in [5, 5.41) is 5.32. The third kappa shape index (κ3) is 3.89. The van der Waals surface area contributed by atoms with E-state index in [0.29, 0.717) is 12.5 Å². The van der Waals surface area contributed by atoms with Gasteiger partial charge < -0.3 is 4.74 Å². The smallest absolute Gasteiger partial charge is 0.0658 e. The lowest BCUT2D eigenvalue weighted by Crippen LogP contribution is -2.12. The van der Waals surface area contributed by atoms with Crippen molar-refractivity contribution in [2.45, 2.75) is 19.9 Å². The van der Waals surface area contributed by atoms with E-state index in [1.807, 2.05) is 10.9 Å². The first-order valence-electron chi connectivity index (χ1n) is 4.94. The maximum atomic E-state index is 5.06. The number of ether oxygens (including phenoxy) is 1. The third-order valence-corrected chi connectivity index (χ3v) is 3.98. The highest BCUT2D eigenvalue weighted by molar-refractivity contribution is 9.10. The second-order valence-corrected chi connectivity index (χ2v) is 5.12. The Labute approximate surface area is 107 Å². The van der Waals surface area contributed by atoms with Gasteiger partial charge in [0.25, 0.3) is 0 Å². The van der Waals surface area contributed by atoms with Crippen LogP contribution in [0.1, 0.15) is 12.6 Å². The lowest BCUT2D eigenvalue weighted by atomic mass is 10.1. The Morgan fingerprint density at radius 1 is 1.60 bits per heavy atom. The van der Waals surface area contributed by atoms with Crippen LogP contribution >= 0.6 is 31.9 Å². The molecule has 3 nitrogen and oxygen atoms in total. The van der Waals surface area contributed by atoms with Crippen molar-refractivity contribution in [1.29, 1.82) is 0 Å². The predicted molar refractivity (Wildman–Crippen MR) is 68.5 cm³/mol. The number of methoxy groups -OCH3 is 1. The molecule has 0 saturated heterocycles. The molecule has 5 heteroatoms. The largest absolute Gasteiger partial charge is 0.383 e. The second-order valence-electron chi connectivity index (χ2n) is 3.62. The van der Waals surface area contributed by atoms with Crippen molar-refractivity contribution in [3.05, 3.63) is 16.4 Å². The van der Waals surface area contributed by atoms with E-state index < -0.39 is 0 Å². The summed E-state index contributed by atoms with van der Waals surface area (Å²) < 4.78 is 8.15. The van der Waals surface area contributed by atoms with Gasteiger partial charge in [-0.2, -0.15) is 5.10 Å². The van der Waals surface area contributed by atoms with Crippen LogP contribution in [0.5, 0.6) is 0 Å². The molecule has 0 amide bonds. The van der Waals surface area contributed by atoms with Crippen LogP contribution in [0, 0.1) is 5.92 Å². The van der Waals surface area contributed by atoms with Crippen LogP contribution in [0.3, 0.4) is 0 Å². The SMILES string of the molecule is COCCn1ncc(Br)c1CC(C)CBr. The van der Waals surface area contributed by atoms with Gasteiger partial charge in [-0.05, 0) is 28.3 Å². The zero-order chi connectivity index (χ0) is 11.3. The fourth-order valence-corrected chi connectivity index (χ4v) is 2.03. The van der Waals surface area contributed by atoms with Crippen molar-refractivity contribution >= 4 is 31.9 Å². The summed E-state index contributed by atoms with van der Waals surface area (Å²) in [5.74, 6) is 0.610. The van der Waals surface area contributed by atoms with Crippen LogP contribution in [0.25, 0.3) is 0 Å². The van der Waals surface area contributed by atoms with Gasteiger partial charge in [0.2, 0.25) is 0 Å². The van der Waals surface area contributed by atoms with E-state index >= 15 is 0 Å². The van der Waals surface area contributed by atoms with Crippen LogP contribution in [0.15, 0.2) is 10.7 Å². The van der Waals surface area contributed by atoms with Gasteiger partial charge in [-0.25, -0.2) is 0 Å². The average molecular weight is 340 g/mol. The van der Waals surface area contributed by atoms with Gasteiger partial charge in [0.05, 0.1) is 29.5 Å². The van der Waals surface area contributed by atoms with E-state index in [-0.39, 0.29) is 0 Å². The molecule has 0 N–H and O–H groups in total. The topological polar surface area (TPSA) is 27.1 Å². The minimum atomic E-state index is 0.610. The Morgan fingerprint density at radius 3 is 2.93 bits per heavy atom. The van der Waals surface area contributed by atoms with Crippen LogP contribution in [0.4, 0.5) is 0 Å². The number of nitrogens with zero attached hydrogens (tertiary/aromatic N) is 2. The molecule has 0 saturated carbocycles. The summed E-state index contributed by atoms with van der Waals surface area (Å²) in [7, 11) is 1.71. The van der Waals surface area contributed by atoms with Crippen molar-refractivity contribution in [3.63, 3.8) is 0 Å². The molecule has 0 aliphatic rings. The highest BCUT2D eigenvalue weighted by Gasteiger charge is 2.11. The van der Waals surface area contributed by atoms with E-state index in [2.05, 4.69) is 43.9 Å². The van der Waals surface area contributed by atoms with Gasteiger partial charge in [0.15, 0.2) is 0 Å². The van der Waals surface area contributed by atoms with Gasteiger partial charge in [0, 0.05) is 12.4 Å². The lowest BCUT2D eigenvalue weighted by molar-refractivity contribution is 0.182. The number of halogens is 2. The molecule has 0 aliphatic heterocycles. The molecule has 0 fully saturated rings. The number of alkyl halides is 1. The third-order valence-electron chi connectivity index (χ3n) is 2.21. The molecule has 0 aliphatic carbocycles. The fraction of sp³-hybridized carbons (Fsp3) is 0.700. The minimum absolute atomic E-state index is 0.610. The second kappa shape index (κ2) is 6.66. The Hall–Kier alpha value is 0.130. The molecule has 1 rings (SSSR count). The Bertz CT molecular complexity index is 302. The molecule has 0 spiro atoms. The number of hydrogen-bond donors (Lipinski definition) is 0. The minimum Gasteiger partial charge on any atom is -0.383 e. The molecule has 1 heterocycles. The molecule has 15 heavy (non-hydrogen) atoms. The van der Waals surface area contributed by atoms with E-state index in [1.54, 1.807) is 7.11 Å². The van der Waals surface area contributed by atoms with Crippen molar-refractivity contribution in [3.8, 4) is 0 Å². The Balaban J connectivity index is 2.70. The molecule has 1 aromatic heterocycles. The zero-order valence-corrected chi connectivity index (χ0v) is 12.2. The van der Waals surface area contributed by atoms with Crippen molar-refractivity contribution in [2.24, 2.45) is 5.92 Å². The summed E-state index contributed by atoms with van der Waals surface area (Å²) in [6, 6.07) is 0. The summed E-state index contributed by atoms with van der Waals surface area (Å²) in [4.78, 5) is 0. The van der Waals surface area contributed by atoms with E-state index in [9.17, 15) is 0 Å². The van der Waals surface area contributed by atoms with Crippen molar-refractivity contribution in [2.75, 3.05) is 19.0 Å². The number of rotatable bonds is 6. The maximum Gasteiger partial charge on any atom is 0.0658 e. The first-order valence-corrected chi connectivity index (χ1v) is 6.85. The molecule has 0 aromatic carbocycles. The monoisotopic (exact) mass is 338 g/mol. The van der Waals surface area contributed by atoms with Crippen LogP contribution < -0.4 is 0 Å². The van der Waals surface area contributed by atoms with E-state index in [1.165, 1.54) is 5.69 Å².